The van der Waals surface area contributed by atoms with E-state index in [9.17, 15) is 4.79 Å². The van der Waals surface area contributed by atoms with Crippen LogP contribution >= 0.6 is 0 Å². The van der Waals surface area contributed by atoms with Gasteiger partial charge in [0.15, 0.2) is 11.5 Å². The number of rotatable bonds is 5. The van der Waals surface area contributed by atoms with Crippen molar-refractivity contribution in [2.45, 2.75) is 32.7 Å². The maximum atomic E-state index is 12.9. The summed E-state index contributed by atoms with van der Waals surface area (Å²) in [6.45, 7) is 6.68. The molecular formula is C23H28N2O3. The second-order valence-corrected chi connectivity index (χ2v) is 7.85. The van der Waals surface area contributed by atoms with Crippen molar-refractivity contribution in [2.75, 3.05) is 31.2 Å². The van der Waals surface area contributed by atoms with Crippen LogP contribution in [0.5, 0.6) is 11.5 Å². The summed E-state index contributed by atoms with van der Waals surface area (Å²) in [7, 11) is 0. The average molecular weight is 380 g/mol. The van der Waals surface area contributed by atoms with Crippen LogP contribution in [0.1, 0.15) is 37.4 Å². The van der Waals surface area contributed by atoms with Gasteiger partial charge in [-0.15, -0.1) is 0 Å². The molecule has 0 fully saturated rings. The lowest BCUT2D eigenvalue weighted by Gasteiger charge is -2.32. The molecule has 2 aromatic carbocycles. The standard InChI is InChI=1S/C23H28N2O3/c1-16(2)23(18-9-10-20-21(14-18)28-13-12-27-20)24-22(26)15-25-11-5-7-17-6-3-4-8-19(17)25/h3-4,6,8-10,14,16,23H,5,7,11-13,15H2,1-2H3,(H,24,26)/t23-/m1/s1. The summed E-state index contributed by atoms with van der Waals surface area (Å²) in [6.07, 6.45) is 2.17. The molecule has 5 nitrogen and oxygen atoms in total. The second-order valence-electron chi connectivity index (χ2n) is 7.85. The zero-order valence-electron chi connectivity index (χ0n) is 16.6. The van der Waals surface area contributed by atoms with Crippen LogP contribution in [-0.2, 0) is 11.2 Å². The highest BCUT2D eigenvalue weighted by atomic mass is 16.6. The molecule has 2 aliphatic heterocycles. The van der Waals surface area contributed by atoms with Gasteiger partial charge in [-0.05, 0) is 48.1 Å². The van der Waals surface area contributed by atoms with Gasteiger partial charge in [0.2, 0.25) is 5.91 Å². The molecule has 0 saturated heterocycles. The minimum absolute atomic E-state index is 0.0466. The van der Waals surface area contributed by atoms with Crippen molar-refractivity contribution < 1.29 is 14.3 Å². The molecule has 148 valence electrons. The van der Waals surface area contributed by atoms with Crippen molar-refractivity contribution in [1.29, 1.82) is 0 Å². The zero-order chi connectivity index (χ0) is 19.5. The van der Waals surface area contributed by atoms with Gasteiger partial charge in [0, 0.05) is 12.2 Å². The Morgan fingerprint density at radius 3 is 2.71 bits per heavy atom. The lowest BCUT2D eigenvalue weighted by Crippen LogP contribution is -2.42. The Bertz CT molecular complexity index is 849. The highest BCUT2D eigenvalue weighted by molar-refractivity contribution is 5.82. The van der Waals surface area contributed by atoms with Crippen LogP contribution in [0.2, 0.25) is 0 Å². The van der Waals surface area contributed by atoms with Gasteiger partial charge in [0.05, 0.1) is 12.6 Å². The minimum atomic E-state index is -0.0663. The highest BCUT2D eigenvalue weighted by Crippen LogP contribution is 2.34. The molecule has 28 heavy (non-hydrogen) atoms. The van der Waals surface area contributed by atoms with Crippen LogP contribution in [0.15, 0.2) is 42.5 Å². The van der Waals surface area contributed by atoms with Gasteiger partial charge in [-0.25, -0.2) is 0 Å². The van der Waals surface area contributed by atoms with Gasteiger partial charge in [-0.3, -0.25) is 4.79 Å². The normalized spacial score (nSPS) is 16.5. The topological polar surface area (TPSA) is 50.8 Å². The Balaban J connectivity index is 1.48. The van der Waals surface area contributed by atoms with E-state index in [1.165, 1.54) is 11.3 Å². The van der Waals surface area contributed by atoms with Crippen molar-refractivity contribution in [2.24, 2.45) is 5.92 Å². The Labute approximate surface area is 166 Å². The summed E-state index contributed by atoms with van der Waals surface area (Å²) in [4.78, 5) is 15.1. The number of carbonyl (C=O) groups excluding carboxylic acids is 1. The van der Waals surface area contributed by atoms with Crippen molar-refractivity contribution in [3.8, 4) is 11.5 Å². The molecule has 4 rings (SSSR count). The van der Waals surface area contributed by atoms with E-state index in [-0.39, 0.29) is 17.9 Å². The van der Waals surface area contributed by atoms with Crippen LogP contribution in [0.3, 0.4) is 0 Å². The largest absolute Gasteiger partial charge is 0.486 e. The predicted octanol–water partition coefficient (Wildman–Crippen LogP) is 3.72. The first kappa shape index (κ1) is 18.7. The van der Waals surface area contributed by atoms with Gasteiger partial charge in [-0.2, -0.15) is 0 Å². The van der Waals surface area contributed by atoms with Gasteiger partial charge in [-0.1, -0.05) is 38.1 Å². The quantitative estimate of drug-likeness (QED) is 0.859. The average Bonchev–Trinajstić information content (AvgIpc) is 2.72. The number of fused-ring (bicyclic) bond motifs is 2. The summed E-state index contributed by atoms with van der Waals surface area (Å²) in [5, 5.41) is 3.24. The molecule has 1 N–H and O–H groups in total. The number of carbonyl (C=O) groups is 1. The number of nitrogens with one attached hydrogen (secondary N) is 1. The molecule has 1 atom stereocenters. The SMILES string of the molecule is CC(C)[C@@H](NC(=O)CN1CCCc2ccccc21)c1ccc2c(c1)OCCO2. The summed E-state index contributed by atoms with van der Waals surface area (Å²) in [5.74, 6) is 1.84. The maximum Gasteiger partial charge on any atom is 0.240 e. The molecule has 0 saturated carbocycles. The third-order valence-electron chi connectivity index (χ3n) is 5.45. The molecule has 0 unspecified atom stereocenters. The summed E-state index contributed by atoms with van der Waals surface area (Å²) >= 11 is 0. The van der Waals surface area contributed by atoms with Crippen LogP contribution < -0.4 is 19.7 Å². The van der Waals surface area contributed by atoms with Crippen molar-refractivity contribution >= 4 is 11.6 Å². The number of hydrogen-bond donors (Lipinski definition) is 1. The molecule has 0 radical (unpaired) electrons. The minimum Gasteiger partial charge on any atom is -0.486 e. The number of hydrogen-bond acceptors (Lipinski definition) is 4. The first-order valence-electron chi connectivity index (χ1n) is 10.1. The highest BCUT2D eigenvalue weighted by Gasteiger charge is 2.24. The Kier molecular flexibility index (Phi) is 5.42. The fourth-order valence-corrected chi connectivity index (χ4v) is 4.06. The molecule has 2 aliphatic rings. The third kappa shape index (κ3) is 3.93. The molecule has 5 heteroatoms. The van der Waals surface area contributed by atoms with Crippen LogP contribution in [-0.4, -0.2) is 32.2 Å². The first-order chi connectivity index (χ1) is 13.6. The second kappa shape index (κ2) is 8.13. The third-order valence-corrected chi connectivity index (χ3v) is 5.45. The lowest BCUT2D eigenvalue weighted by molar-refractivity contribution is -0.120. The smallest absolute Gasteiger partial charge is 0.240 e. The molecule has 0 aliphatic carbocycles. The monoisotopic (exact) mass is 380 g/mol. The zero-order valence-corrected chi connectivity index (χ0v) is 16.6. The number of nitrogens with zero attached hydrogens (tertiary/aromatic N) is 1. The Morgan fingerprint density at radius 1 is 1.11 bits per heavy atom. The fraction of sp³-hybridized carbons (Fsp3) is 0.435. The van der Waals surface area contributed by atoms with E-state index < -0.39 is 0 Å². The summed E-state index contributed by atoms with van der Waals surface area (Å²) < 4.78 is 11.3. The summed E-state index contributed by atoms with van der Waals surface area (Å²) in [5.41, 5.74) is 3.56. The number of para-hydroxylation sites is 1. The van der Waals surface area contributed by atoms with Crippen molar-refractivity contribution in [3.63, 3.8) is 0 Å². The number of ether oxygens (including phenoxy) is 2. The Hall–Kier alpha value is -2.69. The molecular weight excluding hydrogens is 352 g/mol. The van der Waals surface area contributed by atoms with E-state index in [1.54, 1.807) is 0 Å². The van der Waals surface area contributed by atoms with E-state index >= 15 is 0 Å². The van der Waals surface area contributed by atoms with E-state index in [2.05, 4.69) is 42.3 Å². The molecule has 2 heterocycles. The number of amides is 1. The van der Waals surface area contributed by atoms with E-state index in [1.807, 2.05) is 24.3 Å². The molecule has 0 aromatic heterocycles. The Morgan fingerprint density at radius 2 is 1.89 bits per heavy atom. The van der Waals surface area contributed by atoms with Gasteiger partial charge >= 0.3 is 0 Å². The van der Waals surface area contributed by atoms with Crippen LogP contribution in [0, 0.1) is 5.92 Å². The van der Waals surface area contributed by atoms with E-state index in [0.717, 1.165) is 36.4 Å². The molecule has 1 amide bonds. The molecule has 0 bridgehead atoms. The first-order valence-corrected chi connectivity index (χ1v) is 10.1. The predicted molar refractivity (Wildman–Crippen MR) is 110 cm³/mol. The molecule has 2 aromatic rings. The number of benzene rings is 2. The van der Waals surface area contributed by atoms with Crippen molar-refractivity contribution in [1.82, 2.24) is 5.32 Å². The van der Waals surface area contributed by atoms with Crippen molar-refractivity contribution in [3.05, 3.63) is 53.6 Å². The molecule has 0 spiro atoms. The van der Waals surface area contributed by atoms with Crippen LogP contribution in [0.4, 0.5) is 5.69 Å². The van der Waals surface area contributed by atoms with Gasteiger partial charge < -0.3 is 19.7 Å². The lowest BCUT2D eigenvalue weighted by atomic mass is 9.95. The van der Waals surface area contributed by atoms with E-state index in [4.69, 9.17) is 9.47 Å². The van der Waals surface area contributed by atoms with Crippen LogP contribution in [0.25, 0.3) is 0 Å². The van der Waals surface area contributed by atoms with E-state index in [0.29, 0.717) is 19.8 Å². The maximum absolute atomic E-state index is 12.9. The number of anilines is 1. The fourth-order valence-electron chi connectivity index (χ4n) is 4.06. The van der Waals surface area contributed by atoms with Gasteiger partial charge in [0.1, 0.15) is 13.2 Å². The number of aryl methyl sites for hydroxylation is 1. The van der Waals surface area contributed by atoms with Gasteiger partial charge in [0.25, 0.3) is 0 Å². The summed E-state index contributed by atoms with van der Waals surface area (Å²) in [6, 6.07) is 14.3.